The zero-order valence-electron chi connectivity index (χ0n) is 19.6. The van der Waals surface area contributed by atoms with Crippen LogP contribution in [0.15, 0.2) is 54.6 Å². The number of nitrogens with zero attached hydrogens (tertiary/aromatic N) is 4. The van der Waals surface area contributed by atoms with E-state index in [1.54, 1.807) is 19.2 Å². The van der Waals surface area contributed by atoms with Crippen LogP contribution in [0.25, 0.3) is 11.3 Å². The van der Waals surface area contributed by atoms with Crippen LogP contribution in [0.4, 0.5) is 15.9 Å². The molecule has 2 unspecified atom stereocenters. The first-order valence-corrected chi connectivity index (χ1v) is 11.9. The normalized spacial score (nSPS) is 20.1. The number of aryl methyl sites for hydroxylation is 1. The number of hydrogen-bond acceptors (Lipinski definition) is 5. The van der Waals surface area contributed by atoms with Crippen LogP contribution in [-0.2, 0) is 11.2 Å². The summed E-state index contributed by atoms with van der Waals surface area (Å²) in [5.74, 6) is 1.25. The number of amides is 1. The lowest BCUT2D eigenvalue weighted by Crippen LogP contribution is -2.49. The van der Waals surface area contributed by atoms with Crippen LogP contribution in [0.5, 0.6) is 5.75 Å². The maximum absolute atomic E-state index is 13.8. The standard InChI is InChI=1S/C27H29FN4O2/c1-18-9-10-19-16-21(28)11-13-24(19)32(18)27(33)20-6-5-15-31(17-20)26-14-12-23(29-30-26)22-7-3-4-8-25(22)34-2/h3-4,7-8,11-14,16,18,20H,5-6,9-10,15,17H2,1-2H3. The van der Waals surface area contributed by atoms with Crippen molar-refractivity contribution < 1.29 is 13.9 Å². The molecule has 0 saturated carbocycles. The van der Waals surface area contributed by atoms with Gasteiger partial charge in [-0.05, 0) is 80.6 Å². The first-order chi connectivity index (χ1) is 16.5. The Labute approximate surface area is 199 Å². The van der Waals surface area contributed by atoms with Gasteiger partial charge in [-0.25, -0.2) is 4.39 Å². The van der Waals surface area contributed by atoms with Crippen LogP contribution in [0.3, 0.4) is 0 Å². The van der Waals surface area contributed by atoms with Gasteiger partial charge >= 0.3 is 0 Å². The Morgan fingerprint density at radius 2 is 1.94 bits per heavy atom. The number of para-hydroxylation sites is 1. The Kier molecular flexibility index (Phi) is 6.18. The van der Waals surface area contributed by atoms with E-state index < -0.39 is 0 Å². The predicted octanol–water partition coefficient (Wildman–Crippen LogP) is 4.88. The molecule has 3 aromatic rings. The van der Waals surface area contributed by atoms with Crippen LogP contribution >= 0.6 is 0 Å². The summed E-state index contributed by atoms with van der Waals surface area (Å²) in [6, 6.07) is 16.5. The third kappa shape index (κ3) is 4.22. The van der Waals surface area contributed by atoms with Gasteiger partial charge in [-0.1, -0.05) is 12.1 Å². The zero-order chi connectivity index (χ0) is 23.7. The molecule has 2 aromatic carbocycles. The van der Waals surface area contributed by atoms with E-state index in [2.05, 4.69) is 22.0 Å². The van der Waals surface area contributed by atoms with Gasteiger partial charge in [-0.2, -0.15) is 0 Å². The number of rotatable bonds is 4. The maximum atomic E-state index is 13.8. The summed E-state index contributed by atoms with van der Waals surface area (Å²) < 4.78 is 19.2. The van der Waals surface area contributed by atoms with E-state index in [1.165, 1.54) is 6.07 Å². The van der Waals surface area contributed by atoms with Gasteiger partial charge in [0.05, 0.1) is 18.7 Å². The number of fused-ring (bicyclic) bond motifs is 1. The molecule has 34 heavy (non-hydrogen) atoms. The number of aromatic nitrogens is 2. The second-order valence-corrected chi connectivity index (χ2v) is 9.13. The second-order valence-electron chi connectivity index (χ2n) is 9.13. The number of carbonyl (C=O) groups excluding carboxylic acids is 1. The molecule has 1 amide bonds. The molecular weight excluding hydrogens is 431 g/mol. The van der Waals surface area contributed by atoms with Crippen molar-refractivity contribution in [1.29, 1.82) is 0 Å². The largest absolute Gasteiger partial charge is 0.496 e. The van der Waals surface area contributed by atoms with Crippen molar-refractivity contribution in [3.8, 4) is 17.0 Å². The van der Waals surface area contributed by atoms with E-state index in [4.69, 9.17) is 4.74 Å². The van der Waals surface area contributed by atoms with Crippen molar-refractivity contribution >= 4 is 17.4 Å². The minimum absolute atomic E-state index is 0.0979. The topological polar surface area (TPSA) is 58.6 Å². The first kappa shape index (κ1) is 22.3. The highest BCUT2D eigenvalue weighted by molar-refractivity contribution is 5.97. The lowest BCUT2D eigenvalue weighted by Gasteiger charge is -2.40. The zero-order valence-corrected chi connectivity index (χ0v) is 19.6. The van der Waals surface area contributed by atoms with E-state index in [9.17, 15) is 9.18 Å². The Balaban J connectivity index is 1.34. The van der Waals surface area contributed by atoms with Gasteiger partial charge in [0.25, 0.3) is 0 Å². The monoisotopic (exact) mass is 460 g/mol. The molecule has 2 aliphatic heterocycles. The van der Waals surface area contributed by atoms with E-state index in [-0.39, 0.29) is 23.7 Å². The number of benzene rings is 2. The van der Waals surface area contributed by atoms with Gasteiger partial charge in [-0.3, -0.25) is 4.79 Å². The number of hydrogen-bond donors (Lipinski definition) is 0. The molecule has 1 aromatic heterocycles. The van der Waals surface area contributed by atoms with Gasteiger partial charge in [0.1, 0.15) is 11.6 Å². The van der Waals surface area contributed by atoms with Gasteiger partial charge in [0.15, 0.2) is 5.82 Å². The molecule has 1 fully saturated rings. The summed E-state index contributed by atoms with van der Waals surface area (Å²) in [7, 11) is 1.64. The average Bonchev–Trinajstić information content (AvgIpc) is 2.88. The highest BCUT2D eigenvalue weighted by Gasteiger charge is 2.35. The van der Waals surface area contributed by atoms with Gasteiger partial charge in [0, 0.05) is 30.4 Å². The van der Waals surface area contributed by atoms with Crippen molar-refractivity contribution in [2.24, 2.45) is 5.92 Å². The lowest BCUT2D eigenvalue weighted by atomic mass is 9.91. The summed E-state index contributed by atoms with van der Waals surface area (Å²) in [6.45, 7) is 3.51. The molecule has 3 heterocycles. The van der Waals surface area contributed by atoms with Crippen LogP contribution < -0.4 is 14.5 Å². The van der Waals surface area contributed by atoms with Crippen molar-refractivity contribution in [2.75, 3.05) is 30.0 Å². The number of carbonyl (C=O) groups is 1. The molecule has 2 aliphatic rings. The molecule has 0 radical (unpaired) electrons. The SMILES string of the molecule is COc1ccccc1-c1ccc(N2CCCC(C(=O)N3c4ccc(F)cc4CCC3C)C2)nn1. The van der Waals surface area contributed by atoms with Gasteiger partial charge < -0.3 is 14.5 Å². The van der Waals surface area contributed by atoms with Crippen LogP contribution in [0, 0.1) is 11.7 Å². The van der Waals surface area contributed by atoms with Crippen molar-refractivity contribution in [3.05, 3.63) is 66.0 Å². The number of piperidine rings is 1. The first-order valence-electron chi connectivity index (χ1n) is 11.9. The third-order valence-corrected chi connectivity index (χ3v) is 6.94. The Morgan fingerprint density at radius 1 is 1.09 bits per heavy atom. The summed E-state index contributed by atoms with van der Waals surface area (Å²) in [5.41, 5.74) is 3.40. The number of halogens is 1. The van der Waals surface area contributed by atoms with Crippen molar-refractivity contribution in [2.45, 2.75) is 38.6 Å². The molecule has 7 heteroatoms. The van der Waals surface area contributed by atoms with Gasteiger partial charge in [0.2, 0.25) is 5.91 Å². The fourth-order valence-electron chi connectivity index (χ4n) is 5.13. The van der Waals surface area contributed by atoms with E-state index in [0.717, 1.165) is 66.3 Å². The molecule has 5 rings (SSSR count). The lowest BCUT2D eigenvalue weighted by molar-refractivity contribution is -0.123. The Morgan fingerprint density at radius 3 is 2.74 bits per heavy atom. The average molecular weight is 461 g/mol. The van der Waals surface area contributed by atoms with E-state index >= 15 is 0 Å². The summed E-state index contributed by atoms with van der Waals surface area (Å²) >= 11 is 0. The van der Waals surface area contributed by atoms with Crippen LogP contribution in [0.2, 0.25) is 0 Å². The molecule has 0 N–H and O–H groups in total. The molecular formula is C27H29FN4O2. The van der Waals surface area contributed by atoms with E-state index in [1.807, 2.05) is 41.3 Å². The van der Waals surface area contributed by atoms with Crippen molar-refractivity contribution in [1.82, 2.24) is 10.2 Å². The molecule has 176 valence electrons. The molecule has 0 bridgehead atoms. The van der Waals surface area contributed by atoms with Crippen LogP contribution in [-0.4, -0.2) is 42.3 Å². The molecule has 1 saturated heterocycles. The fraction of sp³-hybridized carbons (Fsp3) is 0.370. The molecule has 0 aliphatic carbocycles. The minimum Gasteiger partial charge on any atom is -0.496 e. The summed E-state index contributed by atoms with van der Waals surface area (Å²) in [6.07, 6.45) is 3.38. The molecule has 0 spiro atoms. The van der Waals surface area contributed by atoms with Gasteiger partial charge in [-0.15, -0.1) is 10.2 Å². The Hall–Kier alpha value is -3.48. The smallest absolute Gasteiger partial charge is 0.232 e. The predicted molar refractivity (Wildman–Crippen MR) is 131 cm³/mol. The summed E-state index contributed by atoms with van der Waals surface area (Å²) in [4.78, 5) is 17.7. The second kappa shape index (κ2) is 9.41. The highest BCUT2D eigenvalue weighted by Crippen LogP contribution is 2.34. The van der Waals surface area contributed by atoms with E-state index in [0.29, 0.717) is 6.54 Å². The minimum atomic E-state index is -0.250. The number of ether oxygens (including phenoxy) is 1. The number of anilines is 2. The quantitative estimate of drug-likeness (QED) is 0.556. The fourth-order valence-corrected chi connectivity index (χ4v) is 5.13. The highest BCUT2D eigenvalue weighted by atomic mass is 19.1. The number of methoxy groups -OCH3 is 1. The Bertz CT molecular complexity index is 1180. The summed E-state index contributed by atoms with van der Waals surface area (Å²) in [5, 5.41) is 8.91. The van der Waals surface area contributed by atoms with Crippen LogP contribution in [0.1, 0.15) is 31.7 Å². The molecule has 2 atom stereocenters. The maximum Gasteiger partial charge on any atom is 0.232 e. The van der Waals surface area contributed by atoms with Crippen molar-refractivity contribution in [3.63, 3.8) is 0 Å². The molecule has 6 nitrogen and oxygen atoms in total. The third-order valence-electron chi connectivity index (χ3n) is 6.94.